The van der Waals surface area contributed by atoms with Crippen LogP contribution in [0.1, 0.15) is 25.0 Å². The summed E-state index contributed by atoms with van der Waals surface area (Å²) in [7, 11) is 0. The predicted octanol–water partition coefficient (Wildman–Crippen LogP) is 2.75. The number of ether oxygens (including phenoxy) is 1. The lowest BCUT2D eigenvalue weighted by atomic mass is 10.1. The first kappa shape index (κ1) is 11.8. The van der Waals surface area contributed by atoms with E-state index in [1.807, 2.05) is 38.1 Å². The van der Waals surface area contributed by atoms with Crippen LogP contribution in [0, 0.1) is 6.92 Å². The van der Waals surface area contributed by atoms with Crippen LogP contribution in [0.2, 0.25) is 0 Å². The SMILES string of the molecule is Cc1cc(/C=C/CN)ccc1OC(C)C. The van der Waals surface area contributed by atoms with Crippen molar-refractivity contribution in [2.75, 3.05) is 6.54 Å². The van der Waals surface area contributed by atoms with Crippen molar-refractivity contribution >= 4 is 6.08 Å². The first-order chi connectivity index (χ1) is 7.13. The zero-order valence-corrected chi connectivity index (χ0v) is 9.66. The lowest BCUT2D eigenvalue weighted by molar-refractivity contribution is 0.241. The topological polar surface area (TPSA) is 35.2 Å². The largest absolute Gasteiger partial charge is 0.491 e. The smallest absolute Gasteiger partial charge is 0.122 e. The van der Waals surface area contributed by atoms with Crippen molar-refractivity contribution in [3.63, 3.8) is 0 Å². The van der Waals surface area contributed by atoms with E-state index in [0.717, 1.165) is 16.9 Å². The highest BCUT2D eigenvalue weighted by Gasteiger charge is 2.01. The van der Waals surface area contributed by atoms with Crippen LogP contribution in [0.5, 0.6) is 5.75 Å². The molecule has 0 atom stereocenters. The third-order valence-electron chi connectivity index (χ3n) is 2.01. The minimum absolute atomic E-state index is 0.217. The van der Waals surface area contributed by atoms with Gasteiger partial charge in [0.05, 0.1) is 6.10 Å². The van der Waals surface area contributed by atoms with Gasteiger partial charge in [0.2, 0.25) is 0 Å². The van der Waals surface area contributed by atoms with Gasteiger partial charge >= 0.3 is 0 Å². The summed E-state index contributed by atoms with van der Waals surface area (Å²) in [5, 5.41) is 0. The van der Waals surface area contributed by atoms with E-state index in [2.05, 4.69) is 13.0 Å². The van der Waals surface area contributed by atoms with Gasteiger partial charge in [-0.2, -0.15) is 0 Å². The van der Waals surface area contributed by atoms with Crippen molar-refractivity contribution in [3.05, 3.63) is 35.4 Å². The Morgan fingerprint density at radius 1 is 1.40 bits per heavy atom. The summed E-state index contributed by atoms with van der Waals surface area (Å²) in [6, 6.07) is 6.15. The minimum Gasteiger partial charge on any atom is -0.491 e. The molecular formula is C13H19NO. The Kier molecular flexibility index (Phi) is 4.37. The van der Waals surface area contributed by atoms with Crippen LogP contribution in [0.3, 0.4) is 0 Å². The van der Waals surface area contributed by atoms with E-state index < -0.39 is 0 Å². The summed E-state index contributed by atoms with van der Waals surface area (Å²) < 4.78 is 5.66. The fraction of sp³-hybridized carbons (Fsp3) is 0.385. The van der Waals surface area contributed by atoms with E-state index >= 15 is 0 Å². The van der Waals surface area contributed by atoms with Crippen molar-refractivity contribution in [1.29, 1.82) is 0 Å². The zero-order chi connectivity index (χ0) is 11.3. The lowest BCUT2D eigenvalue weighted by Crippen LogP contribution is -2.06. The molecule has 0 saturated heterocycles. The molecule has 15 heavy (non-hydrogen) atoms. The van der Waals surface area contributed by atoms with Gasteiger partial charge in [0.25, 0.3) is 0 Å². The molecular weight excluding hydrogens is 186 g/mol. The Balaban J connectivity index is 2.83. The Bertz CT molecular complexity index is 342. The van der Waals surface area contributed by atoms with Crippen molar-refractivity contribution in [1.82, 2.24) is 0 Å². The Morgan fingerprint density at radius 3 is 2.67 bits per heavy atom. The van der Waals surface area contributed by atoms with E-state index in [1.165, 1.54) is 0 Å². The number of aryl methyl sites for hydroxylation is 1. The maximum absolute atomic E-state index is 5.66. The third kappa shape index (κ3) is 3.76. The molecule has 0 heterocycles. The molecule has 0 radical (unpaired) electrons. The highest BCUT2D eigenvalue weighted by atomic mass is 16.5. The Labute approximate surface area is 91.7 Å². The van der Waals surface area contributed by atoms with Gasteiger partial charge < -0.3 is 10.5 Å². The summed E-state index contributed by atoms with van der Waals surface area (Å²) in [4.78, 5) is 0. The molecule has 0 aliphatic carbocycles. The van der Waals surface area contributed by atoms with Crippen LogP contribution in [0.15, 0.2) is 24.3 Å². The van der Waals surface area contributed by atoms with Gasteiger partial charge in [-0.1, -0.05) is 18.2 Å². The molecule has 2 nitrogen and oxygen atoms in total. The normalized spacial score (nSPS) is 11.3. The molecule has 0 spiro atoms. The summed E-state index contributed by atoms with van der Waals surface area (Å²) in [5.74, 6) is 0.954. The number of hydrogen-bond acceptors (Lipinski definition) is 2. The van der Waals surface area contributed by atoms with Gasteiger partial charge in [-0.05, 0) is 44.0 Å². The van der Waals surface area contributed by atoms with Gasteiger partial charge in [-0.25, -0.2) is 0 Å². The predicted molar refractivity (Wildman–Crippen MR) is 65.0 cm³/mol. The quantitative estimate of drug-likeness (QED) is 0.820. The molecule has 0 aliphatic rings. The van der Waals surface area contributed by atoms with Gasteiger partial charge in [-0.3, -0.25) is 0 Å². The zero-order valence-electron chi connectivity index (χ0n) is 9.66. The lowest BCUT2D eigenvalue weighted by Gasteiger charge is -2.12. The summed E-state index contributed by atoms with van der Waals surface area (Å²) in [5.41, 5.74) is 7.72. The number of nitrogens with two attached hydrogens (primary N) is 1. The fourth-order valence-electron chi connectivity index (χ4n) is 1.37. The first-order valence-electron chi connectivity index (χ1n) is 5.27. The molecule has 0 unspecified atom stereocenters. The molecule has 0 amide bonds. The van der Waals surface area contributed by atoms with Crippen LogP contribution < -0.4 is 10.5 Å². The first-order valence-corrected chi connectivity index (χ1v) is 5.27. The van der Waals surface area contributed by atoms with Gasteiger partial charge in [0.15, 0.2) is 0 Å². The molecule has 0 aromatic heterocycles. The molecule has 1 aromatic carbocycles. The fourth-order valence-corrected chi connectivity index (χ4v) is 1.37. The standard InChI is InChI=1S/C13H19NO/c1-10(2)15-13-7-6-12(5-4-8-14)9-11(13)3/h4-7,9-10H,8,14H2,1-3H3/b5-4+. The van der Waals surface area contributed by atoms with E-state index in [1.54, 1.807) is 0 Å². The number of hydrogen-bond donors (Lipinski definition) is 1. The van der Waals surface area contributed by atoms with Gasteiger partial charge in [-0.15, -0.1) is 0 Å². The van der Waals surface area contributed by atoms with E-state index in [9.17, 15) is 0 Å². The second-order valence-electron chi connectivity index (χ2n) is 3.83. The summed E-state index contributed by atoms with van der Waals surface area (Å²) >= 11 is 0. The molecule has 2 heteroatoms. The molecule has 1 aromatic rings. The third-order valence-corrected chi connectivity index (χ3v) is 2.01. The average molecular weight is 205 g/mol. The van der Waals surface area contributed by atoms with Crippen molar-refractivity contribution in [3.8, 4) is 5.75 Å². The maximum Gasteiger partial charge on any atom is 0.122 e. The molecule has 0 saturated carbocycles. The van der Waals surface area contributed by atoms with Crippen molar-refractivity contribution in [2.24, 2.45) is 5.73 Å². The Morgan fingerprint density at radius 2 is 2.13 bits per heavy atom. The van der Waals surface area contributed by atoms with Crippen molar-refractivity contribution in [2.45, 2.75) is 26.9 Å². The molecule has 0 aliphatic heterocycles. The summed E-state index contributed by atoms with van der Waals surface area (Å²) in [6.07, 6.45) is 4.18. The number of rotatable bonds is 4. The van der Waals surface area contributed by atoms with Gasteiger partial charge in [0.1, 0.15) is 5.75 Å². The summed E-state index contributed by atoms with van der Waals surface area (Å²) in [6.45, 7) is 6.68. The van der Waals surface area contributed by atoms with Crippen LogP contribution in [0.4, 0.5) is 0 Å². The van der Waals surface area contributed by atoms with E-state index in [4.69, 9.17) is 10.5 Å². The molecule has 2 N–H and O–H groups in total. The monoisotopic (exact) mass is 205 g/mol. The van der Waals surface area contributed by atoms with Crippen LogP contribution in [-0.2, 0) is 0 Å². The Hall–Kier alpha value is -1.28. The average Bonchev–Trinajstić information content (AvgIpc) is 2.18. The highest BCUT2D eigenvalue weighted by Crippen LogP contribution is 2.20. The highest BCUT2D eigenvalue weighted by molar-refractivity contribution is 5.53. The van der Waals surface area contributed by atoms with Crippen LogP contribution in [0.25, 0.3) is 6.08 Å². The van der Waals surface area contributed by atoms with Crippen molar-refractivity contribution < 1.29 is 4.74 Å². The molecule has 1 rings (SSSR count). The van der Waals surface area contributed by atoms with E-state index in [-0.39, 0.29) is 6.10 Å². The van der Waals surface area contributed by atoms with Crippen LogP contribution in [-0.4, -0.2) is 12.6 Å². The molecule has 0 bridgehead atoms. The van der Waals surface area contributed by atoms with Gasteiger partial charge in [0, 0.05) is 6.54 Å². The second kappa shape index (κ2) is 5.56. The maximum atomic E-state index is 5.66. The molecule has 82 valence electrons. The second-order valence-corrected chi connectivity index (χ2v) is 3.83. The minimum atomic E-state index is 0.217. The van der Waals surface area contributed by atoms with E-state index in [0.29, 0.717) is 6.54 Å². The van der Waals surface area contributed by atoms with Crippen LogP contribution >= 0.6 is 0 Å². The number of benzene rings is 1. The molecule has 0 fully saturated rings.